The van der Waals surface area contributed by atoms with Gasteiger partial charge in [0.15, 0.2) is 5.65 Å². The number of nitrogens with one attached hydrogen (secondary N) is 1. The van der Waals surface area contributed by atoms with Crippen LogP contribution in [0.1, 0.15) is 18.7 Å². The summed E-state index contributed by atoms with van der Waals surface area (Å²) in [6.45, 7) is 0. The lowest BCUT2D eigenvalue weighted by Crippen LogP contribution is -2.11. The summed E-state index contributed by atoms with van der Waals surface area (Å²) in [5, 5.41) is 11.5. The predicted octanol–water partition coefficient (Wildman–Crippen LogP) is 3.35. The molecule has 124 valence electrons. The number of rotatable bonds is 6. The van der Waals surface area contributed by atoms with Gasteiger partial charge in [-0.25, -0.2) is 0 Å². The molecule has 0 saturated carbocycles. The molecule has 0 bridgehead atoms. The molecule has 2 aromatic heterocycles. The predicted molar refractivity (Wildman–Crippen MR) is 92.6 cm³/mol. The Kier molecular flexibility index (Phi) is 4.96. The second-order valence-corrected chi connectivity index (χ2v) is 5.70. The van der Waals surface area contributed by atoms with Crippen molar-refractivity contribution in [3.05, 3.63) is 53.4 Å². The normalized spacial score (nSPS) is 10.8. The third kappa shape index (κ3) is 3.65. The van der Waals surface area contributed by atoms with Gasteiger partial charge in [-0.05, 0) is 36.8 Å². The van der Waals surface area contributed by atoms with Gasteiger partial charge < -0.3 is 10.1 Å². The van der Waals surface area contributed by atoms with Gasteiger partial charge in [0.05, 0.1) is 12.1 Å². The summed E-state index contributed by atoms with van der Waals surface area (Å²) < 4.78 is 7.02. The molecule has 0 aliphatic heterocycles. The molecule has 3 aromatic rings. The van der Waals surface area contributed by atoms with Gasteiger partial charge in [-0.15, -0.1) is 10.2 Å². The number of fused-ring (bicyclic) bond motifs is 1. The van der Waals surface area contributed by atoms with E-state index in [9.17, 15) is 4.79 Å². The van der Waals surface area contributed by atoms with Gasteiger partial charge in [-0.1, -0.05) is 17.7 Å². The van der Waals surface area contributed by atoms with Gasteiger partial charge in [0.25, 0.3) is 0 Å². The molecule has 24 heavy (non-hydrogen) atoms. The second-order valence-electron chi connectivity index (χ2n) is 5.30. The van der Waals surface area contributed by atoms with Crippen molar-refractivity contribution in [2.24, 2.45) is 0 Å². The molecule has 0 aliphatic rings. The molecule has 0 saturated heterocycles. The summed E-state index contributed by atoms with van der Waals surface area (Å²) >= 11 is 6.05. The highest BCUT2D eigenvalue weighted by atomic mass is 35.5. The zero-order chi connectivity index (χ0) is 16.9. The largest absolute Gasteiger partial charge is 0.495 e. The molecule has 1 aromatic carbocycles. The Bertz CT molecular complexity index is 863. The van der Waals surface area contributed by atoms with E-state index in [1.165, 1.54) is 0 Å². The summed E-state index contributed by atoms with van der Waals surface area (Å²) in [5.41, 5.74) is 1.46. The highest BCUT2D eigenvalue weighted by Crippen LogP contribution is 2.27. The van der Waals surface area contributed by atoms with Crippen molar-refractivity contribution in [3.8, 4) is 5.75 Å². The van der Waals surface area contributed by atoms with Gasteiger partial charge in [0.2, 0.25) is 5.91 Å². The summed E-state index contributed by atoms with van der Waals surface area (Å²) in [7, 11) is 1.55. The Morgan fingerprint density at radius 2 is 2.17 bits per heavy atom. The number of methoxy groups -OCH3 is 1. The van der Waals surface area contributed by atoms with Crippen LogP contribution in [0.4, 0.5) is 5.69 Å². The molecule has 0 aliphatic carbocycles. The molecule has 1 amide bonds. The van der Waals surface area contributed by atoms with E-state index in [0.717, 1.165) is 11.5 Å². The van der Waals surface area contributed by atoms with E-state index in [4.69, 9.17) is 16.3 Å². The molecular weight excluding hydrogens is 328 g/mol. The standard InChI is InChI=1S/C17H17ClN4O2/c1-24-14-9-8-12(11-13(14)18)19-17(23)7-4-6-16-21-20-15-5-2-3-10-22(15)16/h2-3,5,8-11H,4,6-7H2,1H3,(H,19,23). The number of hydrogen-bond donors (Lipinski definition) is 1. The van der Waals surface area contributed by atoms with E-state index >= 15 is 0 Å². The minimum absolute atomic E-state index is 0.0648. The van der Waals surface area contributed by atoms with Crippen LogP contribution in [0.25, 0.3) is 5.65 Å². The molecule has 3 rings (SSSR count). The maximum absolute atomic E-state index is 12.0. The van der Waals surface area contributed by atoms with Gasteiger partial charge in [0.1, 0.15) is 11.6 Å². The van der Waals surface area contributed by atoms with E-state index in [2.05, 4.69) is 15.5 Å². The number of pyridine rings is 1. The first-order chi connectivity index (χ1) is 11.7. The summed E-state index contributed by atoms with van der Waals surface area (Å²) in [4.78, 5) is 12.0. The van der Waals surface area contributed by atoms with E-state index in [1.807, 2.05) is 28.8 Å². The fraction of sp³-hybridized carbons (Fsp3) is 0.235. The number of hydrogen-bond acceptors (Lipinski definition) is 4. The van der Waals surface area contributed by atoms with Gasteiger partial charge in [0, 0.05) is 24.7 Å². The van der Waals surface area contributed by atoms with E-state index in [0.29, 0.717) is 35.7 Å². The first-order valence-corrected chi connectivity index (χ1v) is 7.97. The quantitative estimate of drug-likeness (QED) is 0.744. The van der Waals surface area contributed by atoms with Crippen molar-refractivity contribution in [2.75, 3.05) is 12.4 Å². The third-order valence-electron chi connectivity index (χ3n) is 3.62. The van der Waals surface area contributed by atoms with Crippen LogP contribution in [0, 0.1) is 0 Å². The second kappa shape index (κ2) is 7.31. The first kappa shape index (κ1) is 16.3. The maximum Gasteiger partial charge on any atom is 0.224 e. The molecule has 6 nitrogen and oxygen atoms in total. The van der Waals surface area contributed by atoms with Crippen LogP contribution < -0.4 is 10.1 Å². The molecule has 0 fully saturated rings. The fourth-order valence-corrected chi connectivity index (χ4v) is 2.69. The number of carbonyl (C=O) groups is 1. The average Bonchev–Trinajstić information content (AvgIpc) is 2.98. The molecule has 2 heterocycles. The smallest absolute Gasteiger partial charge is 0.224 e. The van der Waals surface area contributed by atoms with E-state index < -0.39 is 0 Å². The van der Waals surface area contributed by atoms with Crippen molar-refractivity contribution in [1.29, 1.82) is 0 Å². The number of amides is 1. The number of carbonyl (C=O) groups excluding carboxylic acids is 1. The van der Waals surface area contributed by atoms with Gasteiger partial charge in [-0.2, -0.15) is 0 Å². The van der Waals surface area contributed by atoms with Crippen LogP contribution >= 0.6 is 11.6 Å². The first-order valence-electron chi connectivity index (χ1n) is 7.59. The minimum atomic E-state index is -0.0648. The number of anilines is 1. The van der Waals surface area contributed by atoms with Crippen LogP contribution in [-0.2, 0) is 11.2 Å². The molecule has 1 N–H and O–H groups in total. The Balaban J connectivity index is 1.53. The highest BCUT2D eigenvalue weighted by molar-refractivity contribution is 6.32. The van der Waals surface area contributed by atoms with E-state index in [-0.39, 0.29) is 5.91 Å². The van der Waals surface area contributed by atoms with Crippen molar-refractivity contribution >= 4 is 28.8 Å². The van der Waals surface area contributed by atoms with Crippen LogP contribution in [0.5, 0.6) is 5.75 Å². The Hall–Kier alpha value is -2.60. The Morgan fingerprint density at radius 3 is 2.96 bits per heavy atom. The minimum Gasteiger partial charge on any atom is -0.495 e. The molecular formula is C17H17ClN4O2. The number of halogens is 1. The molecule has 7 heteroatoms. The van der Waals surface area contributed by atoms with Crippen molar-refractivity contribution in [1.82, 2.24) is 14.6 Å². The molecule has 0 unspecified atom stereocenters. The zero-order valence-electron chi connectivity index (χ0n) is 13.2. The molecule has 0 atom stereocenters. The van der Waals surface area contributed by atoms with Crippen LogP contribution in [0.3, 0.4) is 0 Å². The van der Waals surface area contributed by atoms with E-state index in [1.54, 1.807) is 25.3 Å². The number of ether oxygens (including phenoxy) is 1. The van der Waals surface area contributed by atoms with Gasteiger partial charge in [-0.3, -0.25) is 9.20 Å². The zero-order valence-corrected chi connectivity index (χ0v) is 14.0. The maximum atomic E-state index is 12.0. The lowest BCUT2D eigenvalue weighted by molar-refractivity contribution is -0.116. The number of benzene rings is 1. The lowest BCUT2D eigenvalue weighted by Gasteiger charge is -2.08. The lowest BCUT2D eigenvalue weighted by atomic mass is 10.2. The number of aryl methyl sites for hydroxylation is 1. The summed E-state index contributed by atoms with van der Waals surface area (Å²) in [6, 6.07) is 10.9. The van der Waals surface area contributed by atoms with Crippen LogP contribution in [0.2, 0.25) is 5.02 Å². The van der Waals surface area contributed by atoms with Crippen molar-refractivity contribution in [2.45, 2.75) is 19.3 Å². The number of aromatic nitrogens is 3. The summed E-state index contributed by atoms with van der Waals surface area (Å²) in [6.07, 6.45) is 3.68. The van der Waals surface area contributed by atoms with Crippen LogP contribution in [-0.4, -0.2) is 27.6 Å². The fourth-order valence-electron chi connectivity index (χ4n) is 2.44. The molecule has 0 radical (unpaired) electrons. The van der Waals surface area contributed by atoms with Crippen LogP contribution in [0.15, 0.2) is 42.6 Å². The monoisotopic (exact) mass is 344 g/mol. The summed E-state index contributed by atoms with van der Waals surface area (Å²) in [5.74, 6) is 1.37. The van der Waals surface area contributed by atoms with Gasteiger partial charge >= 0.3 is 0 Å². The average molecular weight is 345 g/mol. The molecule has 0 spiro atoms. The Morgan fingerprint density at radius 1 is 1.29 bits per heavy atom. The third-order valence-corrected chi connectivity index (χ3v) is 3.92. The topological polar surface area (TPSA) is 68.5 Å². The van der Waals surface area contributed by atoms with Crippen molar-refractivity contribution in [3.63, 3.8) is 0 Å². The SMILES string of the molecule is COc1ccc(NC(=O)CCCc2nnc3ccccn23)cc1Cl. The highest BCUT2D eigenvalue weighted by Gasteiger charge is 2.08. The number of nitrogens with zero attached hydrogens (tertiary/aromatic N) is 3. The Labute approximate surface area is 144 Å². The van der Waals surface area contributed by atoms with Crippen molar-refractivity contribution < 1.29 is 9.53 Å².